The minimum atomic E-state index is -1.31. The number of hydrogen-bond donors (Lipinski definition) is 6. The predicted octanol–water partition coefficient (Wildman–Crippen LogP) is -2.28. The van der Waals surface area contributed by atoms with Gasteiger partial charge in [0, 0.05) is 6.20 Å². The molecule has 4 atom stereocenters. The van der Waals surface area contributed by atoms with Crippen LogP contribution in [-0.2, 0) is 4.74 Å². The fraction of sp³-hybridized carbons (Fsp3) is 0.417. The molecule has 0 bridgehead atoms. The van der Waals surface area contributed by atoms with Gasteiger partial charge in [-0.05, 0) is 0 Å². The second-order valence-corrected chi connectivity index (χ2v) is 5.12. The van der Waals surface area contributed by atoms with Crippen molar-refractivity contribution < 1.29 is 25.3 Å². The number of nitrogens with zero attached hydrogens (tertiary/aromatic N) is 4. The summed E-state index contributed by atoms with van der Waals surface area (Å²) < 4.78 is 6.86. The van der Waals surface area contributed by atoms with Crippen molar-refractivity contribution in [3.05, 3.63) is 18.1 Å². The normalized spacial score (nSPS) is 28.6. The molecule has 3 rings (SSSR count). The topological polar surface area (TPSA) is 185 Å². The maximum absolute atomic E-state index is 10.2. The van der Waals surface area contributed by atoms with Crippen LogP contribution in [0.2, 0.25) is 0 Å². The third-order valence-corrected chi connectivity index (χ3v) is 3.81. The maximum Gasteiger partial charge on any atom is 0.172 e. The van der Waals surface area contributed by atoms with Crippen molar-refractivity contribution in [2.45, 2.75) is 24.5 Å². The zero-order chi connectivity index (χ0) is 16.7. The first-order valence-corrected chi connectivity index (χ1v) is 6.71. The molecule has 0 radical (unpaired) electrons. The molecule has 3 heterocycles. The Labute approximate surface area is 129 Å². The van der Waals surface area contributed by atoms with Gasteiger partial charge in [0.1, 0.15) is 36.1 Å². The fourth-order valence-electron chi connectivity index (χ4n) is 2.66. The zero-order valence-corrected chi connectivity index (χ0v) is 11.8. The molecule has 0 unspecified atom stereocenters. The van der Waals surface area contributed by atoms with E-state index in [0.717, 1.165) is 0 Å². The number of anilines is 1. The number of fused-ring (bicyclic) bond motifs is 1. The minimum absolute atomic E-state index is 0.0992. The highest BCUT2D eigenvalue weighted by molar-refractivity contribution is 6.11. The van der Waals surface area contributed by atoms with Crippen LogP contribution in [0.1, 0.15) is 11.8 Å². The molecule has 8 N–H and O–H groups in total. The van der Waals surface area contributed by atoms with E-state index in [9.17, 15) is 15.3 Å². The lowest BCUT2D eigenvalue weighted by molar-refractivity contribution is -0.0508. The molecule has 0 spiro atoms. The summed E-state index contributed by atoms with van der Waals surface area (Å²) in [5, 5.41) is 41.4. The number of hydrogen-bond acceptors (Lipinski definition) is 9. The van der Waals surface area contributed by atoms with Crippen molar-refractivity contribution in [1.29, 1.82) is 0 Å². The van der Waals surface area contributed by atoms with Crippen LogP contribution in [0.25, 0.3) is 11.0 Å². The Morgan fingerprint density at radius 3 is 2.70 bits per heavy atom. The largest absolute Gasteiger partial charge is 0.409 e. The molecule has 1 aliphatic rings. The molecule has 11 nitrogen and oxygen atoms in total. The molecule has 23 heavy (non-hydrogen) atoms. The van der Waals surface area contributed by atoms with E-state index in [4.69, 9.17) is 21.4 Å². The molecule has 1 saturated heterocycles. The van der Waals surface area contributed by atoms with Gasteiger partial charge >= 0.3 is 0 Å². The highest BCUT2D eigenvalue weighted by Gasteiger charge is 2.44. The highest BCUT2D eigenvalue weighted by Crippen LogP contribution is 2.34. The molecule has 0 aliphatic carbocycles. The molecule has 2 aromatic rings. The molecule has 0 aromatic carbocycles. The lowest BCUT2D eigenvalue weighted by Crippen LogP contribution is -2.33. The van der Waals surface area contributed by atoms with E-state index >= 15 is 0 Å². The van der Waals surface area contributed by atoms with E-state index in [1.54, 1.807) is 0 Å². The Bertz CT molecular complexity index is 762. The van der Waals surface area contributed by atoms with Crippen LogP contribution in [0.15, 0.2) is 17.7 Å². The number of aliphatic hydroxyl groups is 3. The number of aliphatic hydroxyl groups excluding tert-OH is 3. The minimum Gasteiger partial charge on any atom is -0.409 e. The van der Waals surface area contributed by atoms with Crippen molar-refractivity contribution in [2.24, 2.45) is 10.9 Å². The summed E-state index contributed by atoms with van der Waals surface area (Å²) in [5.41, 5.74) is 12.0. The molecule has 11 heteroatoms. The second-order valence-electron chi connectivity index (χ2n) is 5.12. The van der Waals surface area contributed by atoms with Crippen LogP contribution in [0.5, 0.6) is 0 Å². The van der Waals surface area contributed by atoms with Gasteiger partial charge in [0.05, 0.1) is 17.6 Å². The summed E-state index contributed by atoms with van der Waals surface area (Å²) in [7, 11) is 0. The van der Waals surface area contributed by atoms with E-state index in [1.165, 1.54) is 17.1 Å². The van der Waals surface area contributed by atoms with Crippen molar-refractivity contribution in [3.63, 3.8) is 0 Å². The number of aromatic nitrogens is 3. The zero-order valence-electron chi connectivity index (χ0n) is 11.8. The van der Waals surface area contributed by atoms with Gasteiger partial charge in [-0.15, -0.1) is 0 Å². The van der Waals surface area contributed by atoms with Gasteiger partial charge < -0.3 is 41.3 Å². The van der Waals surface area contributed by atoms with Gasteiger partial charge in [0.15, 0.2) is 12.1 Å². The monoisotopic (exact) mass is 324 g/mol. The Kier molecular flexibility index (Phi) is 3.77. The Hall–Kier alpha value is -2.47. The number of rotatable bonds is 3. The van der Waals surface area contributed by atoms with Gasteiger partial charge in [0.25, 0.3) is 0 Å². The summed E-state index contributed by atoms with van der Waals surface area (Å²) in [4.78, 5) is 7.94. The number of amidine groups is 1. The van der Waals surface area contributed by atoms with Crippen molar-refractivity contribution in [2.75, 3.05) is 12.3 Å². The molecule has 124 valence electrons. The third-order valence-electron chi connectivity index (χ3n) is 3.81. The number of oxime groups is 1. The van der Waals surface area contributed by atoms with Crippen molar-refractivity contribution >= 4 is 22.7 Å². The molecular weight excluding hydrogens is 308 g/mol. The maximum atomic E-state index is 10.2. The summed E-state index contributed by atoms with van der Waals surface area (Å²) in [6.07, 6.45) is -1.91. The molecule has 0 saturated carbocycles. The highest BCUT2D eigenvalue weighted by atomic mass is 16.6. The smallest absolute Gasteiger partial charge is 0.172 e. The summed E-state index contributed by atoms with van der Waals surface area (Å²) >= 11 is 0. The van der Waals surface area contributed by atoms with E-state index in [-0.39, 0.29) is 22.9 Å². The number of nitrogens with two attached hydrogens (primary N) is 2. The Morgan fingerprint density at radius 1 is 1.35 bits per heavy atom. The molecule has 1 fully saturated rings. The number of ether oxygens (including phenoxy) is 1. The van der Waals surface area contributed by atoms with E-state index in [0.29, 0.717) is 5.39 Å². The quantitative estimate of drug-likeness (QED) is 0.156. The molecule has 2 aromatic heterocycles. The standard InChI is InChI=1S/C12H16N6O5/c13-9(17-22)4-1-18(11-6(4)10(14)15-3-16-11)12-8(21)7(20)5(2-19)23-12/h1,3,5,7-8,12,19-22H,2H2,(H2,13,17)(H2,14,15,16)/t5-,7-,8+,12-/m1/s1. The van der Waals surface area contributed by atoms with E-state index in [2.05, 4.69) is 15.1 Å². The third kappa shape index (κ3) is 2.26. The van der Waals surface area contributed by atoms with Gasteiger partial charge in [-0.2, -0.15) is 0 Å². The van der Waals surface area contributed by atoms with Crippen LogP contribution in [0, 0.1) is 0 Å². The predicted molar refractivity (Wildman–Crippen MR) is 77.5 cm³/mol. The van der Waals surface area contributed by atoms with E-state index < -0.39 is 31.1 Å². The first-order valence-electron chi connectivity index (χ1n) is 6.71. The molecule has 0 amide bonds. The second kappa shape index (κ2) is 5.62. The van der Waals surface area contributed by atoms with Crippen LogP contribution >= 0.6 is 0 Å². The van der Waals surface area contributed by atoms with Crippen LogP contribution in [-0.4, -0.2) is 65.8 Å². The Morgan fingerprint density at radius 2 is 2.09 bits per heavy atom. The van der Waals surface area contributed by atoms with E-state index in [1.807, 2.05) is 0 Å². The summed E-state index contributed by atoms with van der Waals surface area (Å²) in [6.45, 7) is -0.460. The Balaban J connectivity index is 2.18. The molecular formula is C12H16N6O5. The van der Waals surface area contributed by atoms with Crippen molar-refractivity contribution in [3.8, 4) is 0 Å². The number of nitrogen functional groups attached to an aromatic ring is 1. The SMILES string of the molecule is NC(=NO)c1cn([C@@H]2O[C@H](CO)[C@@H](O)[C@@H]2O)c2ncnc(N)c12. The average molecular weight is 324 g/mol. The van der Waals surface area contributed by atoms with Gasteiger partial charge in [-0.3, -0.25) is 0 Å². The molecule has 1 aliphatic heterocycles. The van der Waals surface area contributed by atoms with Gasteiger partial charge in [-0.25, -0.2) is 9.97 Å². The fourth-order valence-corrected chi connectivity index (χ4v) is 2.66. The van der Waals surface area contributed by atoms with Gasteiger partial charge in [-0.1, -0.05) is 5.16 Å². The van der Waals surface area contributed by atoms with Crippen LogP contribution in [0.4, 0.5) is 5.82 Å². The lowest BCUT2D eigenvalue weighted by Gasteiger charge is -2.17. The first kappa shape index (κ1) is 15.4. The lowest BCUT2D eigenvalue weighted by atomic mass is 10.1. The van der Waals surface area contributed by atoms with Crippen LogP contribution < -0.4 is 11.5 Å². The van der Waals surface area contributed by atoms with Crippen molar-refractivity contribution in [1.82, 2.24) is 14.5 Å². The summed E-state index contributed by atoms with van der Waals surface area (Å²) in [5.74, 6) is -0.121. The van der Waals surface area contributed by atoms with Gasteiger partial charge in [0.2, 0.25) is 0 Å². The van der Waals surface area contributed by atoms with Crippen LogP contribution in [0.3, 0.4) is 0 Å². The first-order chi connectivity index (χ1) is 11.0. The summed E-state index contributed by atoms with van der Waals surface area (Å²) in [6, 6.07) is 0. The average Bonchev–Trinajstić information content (AvgIpc) is 3.07.